The van der Waals surface area contributed by atoms with Crippen molar-refractivity contribution >= 4 is 17.4 Å². The highest BCUT2D eigenvalue weighted by molar-refractivity contribution is 7.99. The fourth-order valence-corrected chi connectivity index (χ4v) is 3.01. The molecule has 1 atom stereocenters. The van der Waals surface area contributed by atoms with Gasteiger partial charge in [-0.15, -0.1) is 0 Å². The highest BCUT2D eigenvalue weighted by Crippen LogP contribution is 2.34. The number of alkyl halides is 2. The predicted molar refractivity (Wildman–Crippen MR) is 72.6 cm³/mol. The molecule has 0 radical (unpaired) electrons. The van der Waals surface area contributed by atoms with Crippen LogP contribution in [0.25, 0.3) is 0 Å². The highest BCUT2D eigenvalue weighted by atomic mass is 32.2. The predicted octanol–water partition coefficient (Wildman–Crippen LogP) is 3.19. The van der Waals surface area contributed by atoms with Gasteiger partial charge >= 0.3 is 0 Å². The fourth-order valence-electron chi connectivity index (χ4n) is 2.35. The van der Waals surface area contributed by atoms with Crippen molar-refractivity contribution in [2.75, 3.05) is 25.0 Å². The largest absolute Gasteiger partial charge is 0.369 e. The van der Waals surface area contributed by atoms with E-state index in [2.05, 4.69) is 10.2 Å². The summed E-state index contributed by atoms with van der Waals surface area (Å²) in [6, 6.07) is 7.88. The third kappa shape index (κ3) is 3.36. The minimum absolute atomic E-state index is 0.448. The van der Waals surface area contributed by atoms with E-state index in [1.54, 1.807) is 6.07 Å². The van der Waals surface area contributed by atoms with E-state index < -0.39 is 5.76 Å². The Morgan fingerprint density at radius 2 is 2.17 bits per heavy atom. The summed E-state index contributed by atoms with van der Waals surface area (Å²) in [6.45, 7) is 1.83. The van der Waals surface area contributed by atoms with Gasteiger partial charge in [0.25, 0.3) is 5.76 Å². The number of hydrogen-bond donors (Lipinski definition) is 1. The molecule has 5 heteroatoms. The first-order valence-electron chi connectivity index (χ1n) is 6.16. The minimum Gasteiger partial charge on any atom is -0.369 e. The van der Waals surface area contributed by atoms with Gasteiger partial charge in [0, 0.05) is 24.0 Å². The van der Waals surface area contributed by atoms with Gasteiger partial charge in [0.05, 0.1) is 5.69 Å². The molecule has 1 aliphatic heterocycles. The van der Waals surface area contributed by atoms with E-state index in [-0.39, 0.29) is 0 Å². The molecule has 1 heterocycles. The molecule has 0 spiro atoms. The lowest BCUT2D eigenvalue weighted by Crippen LogP contribution is -2.44. The molecule has 0 aliphatic carbocycles. The quantitative estimate of drug-likeness (QED) is 0.847. The molecule has 1 saturated heterocycles. The maximum Gasteiger partial charge on any atom is 0.288 e. The summed E-state index contributed by atoms with van der Waals surface area (Å²) < 4.78 is 25.1. The van der Waals surface area contributed by atoms with Crippen molar-refractivity contribution < 1.29 is 8.78 Å². The first-order chi connectivity index (χ1) is 8.70. The number of piperidine rings is 1. The number of likely N-dealkylation sites (N-methyl/N-ethyl adjacent to an activating group) is 1. The molecule has 100 valence electrons. The Morgan fingerprint density at radius 3 is 2.89 bits per heavy atom. The van der Waals surface area contributed by atoms with E-state index in [0.29, 0.717) is 22.7 Å². The molecule has 0 saturated carbocycles. The monoisotopic (exact) mass is 272 g/mol. The van der Waals surface area contributed by atoms with Crippen LogP contribution in [0.5, 0.6) is 0 Å². The molecule has 0 bridgehead atoms. The van der Waals surface area contributed by atoms with Gasteiger partial charge in [-0.3, -0.25) is 0 Å². The van der Waals surface area contributed by atoms with E-state index in [4.69, 9.17) is 0 Å². The van der Waals surface area contributed by atoms with Gasteiger partial charge in [-0.1, -0.05) is 23.9 Å². The maximum absolute atomic E-state index is 12.5. The molecule has 1 aliphatic rings. The smallest absolute Gasteiger partial charge is 0.288 e. The molecule has 1 unspecified atom stereocenters. The number of rotatable bonds is 4. The van der Waals surface area contributed by atoms with Crippen LogP contribution in [-0.2, 0) is 0 Å². The summed E-state index contributed by atoms with van der Waals surface area (Å²) in [4.78, 5) is 2.87. The van der Waals surface area contributed by atoms with Crippen LogP contribution in [0.4, 0.5) is 14.5 Å². The van der Waals surface area contributed by atoms with Gasteiger partial charge < -0.3 is 10.2 Å². The number of nitrogens with one attached hydrogen (secondary N) is 1. The summed E-state index contributed by atoms with van der Waals surface area (Å²) in [6.07, 6.45) is 2.25. The van der Waals surface area contributed by atoms with E-state index >= 15 is 0 Å². The van der Waals surface area contributed by atoms with Gasteiger partial charge in [0.1, 0.15) is 0 Å². The number of anilines is 1. The minimum atomic E-state index is -2.36. The lowest BCUT2D eigenvalue weighted by molar-refractivity contribution is 0.252. The number of halogens is 2. The van der Waals surface area contributed by atoms with Gasteiger partial charge in [0.15, 0.2) is 0 Å². The number of nitrogens with zero attached hydrogens (tertiary/aromatic N) is 1. The molecule has 1 aromatic carbocycles. The van der Waals surface area contributed by atoms with Gasteiger partial charge in [-0.25, -0.2) is 0 Å². The van der Waals surface area contributed by atoms with Crippen molar-refractivity contribution in [3.8, 4) is 0 Å². The normalized spacial score (nSPS) is 20.4. The summed E-state index contributed by atoms with van der Waals surface area (Å²) in [5.41, 5.74) is 0.933. The van der Waals surface area contributed by atoms with Crippen LogP contribution in [-0.4, -0.2) is 31.9 Å². The summed E-state index contributed by atoms with van der Waals surface area (Å²) in [5.74, 6) is -2.36. The second kappa shape index (κ2) is 6.38. The van der Waals surface area contributed by atoms with Crippen LogP contribution in [0.15, 0.2) is 29.2 Å². The van der Waals surface area contributed by atoms with Crippen molar-refractivity contribution in [1.82, 2.24) is 5.32 Å². The Bertz CT molecular complexity index is 387. The average Bonchev–Trinajstić information content (AvgIpc) is 2.39. The Kier molecular flexibility index (Phi) is 4.83. The lowest BCUT2D eigenvalue weighted by atomic mass is 10.1. The number of hydrogen-bond acceptors (Lipinski definition) is 3. The van der Waals surface area contributed by atoms with Crippen molar-refractivity contribution in [1.29, 1.82) is 0 Å². The standard InChI is InChI=1S/C13H18F2N2S/c1-16-10-5-4-8-17(9-10)11-6-2-3-7-12(11)18-13(14)15/h2-3,6-7,10,13,16H,4-5,8-9H2,1H3. The van der Waals surface area contributed by atoms with Gasteiger partial charge in [-0.2, -0.15) is 8.78 Å². The van der Waals surface area contributed by atoms with Gasteiger partial charge in [-0.05, 0) is 32.0 Å². The second-order valence-corrected chi connectivity index (χ2v) is 5.45. The SMILES string of the molecule is CNC1CCCN(c2ccccc2SC(F)F)C1. The molecule has 1 fully saturated rings. The van der Waals surface area contributed by atoms with E-state index in [0.717, 1.165) is 31.6 Å². The zero-order chi connectivity index (χ0) is 13.0. The number of benzene rings is 1. The molecular weight excluding hydrogens is 254 g/mol. The maximum atomic E-state index is 12.5. The van der Waals surface area contributed by atoms with Crippen molar-refractivity contribution in [2.24, 2.45) is 0 Å². The third-order valence-corrected chi connectivity index (χ3v) is 4.03. The second-order valence-electron chi connectivity index (χ2n) is 4.42. The summed E-state index contributed by atoms with van der Waals surface area (Å²) in [5, 5.41) is 3.27. The molecule has 1 aromatic rings. The molecule has 0 aromatic heterocycles. The Hall–Kier alpha value is -0.810. The number of thioether (sulfide) groups is 1. The van der Waals surface area contributed by atoms with Crippen LogP contribution in [0.3, 0.4) is 0 Å². The topological polar surface area (TPSA) is 15.3 Å². The van der Waals surface area contributed by atoms with Gasteiger partial charge in [0.2, 0.25) is 0 Å². The number of para-hydroxylation sites is 1. The molecule has 1 N–H and O–H groups in total. The van der Waals surface area contributed by atoms with Crippen LogP contribution in [0.2, 0.25) is 0 Å². The Labute approximate surface area is 111 Å². The zero-order valence-corrected chi connectivity index (χ0v) is 11.2. The van der Waals surface area contributed by atoms with Crippen molar-refractivity contribution in [3.63, 3.8) is 0 Å². The van der Waals surface area contributed by atoms with Crippen LogP contribution in [0.1, 0.15) is 12.8 Å². The molecule has 2 rings (SSSR count). The van der Waals surface area contributed by atoms with E-state index in [1.165, 1.54) is 0 Å². The summed E-state index contributed by atoms with van der Waals surface area (Å²) in [7, 11) is 1.95. The first kappa shape index (κ1) is 13.6. The van der Waals surface area contributed by atoms with Crippen LogP contribution >= 0.6 is 11.8 Å². The third-order valence-electron chi connectivity index (χ3n) is 3.25. The first-order valence-corrected chi connectivity index (χ1v) is 7.04. The lowest BCUT2D eigenvalue weighted by Gasteiger charge is -2.35. The van der Waals surface area contributed by atoms with Crippen LogP contribution in [0, 0.1) is 0 Å². The molecule has 2 nitrogen and oxygen atoms in total. The Balaban J connectivity index is 2.16. The summed E-state index contributed by atoms with van der Waals surface area (Å²) >= 11 is 0.632. The molecule has 0 amide bonds. The van der Waals surface area contributed by atoms with Crippen molar-refractivity contribution in [3.05, 3.63) is 24.3 Å². The average molecular weight is 272 g/mol. The van der Waals surface area contributed by atoms with E-state index in [1.807, 2.05) is 25.2 Å². The molecular formula is C13H18F2N2S. The Morgan fingerprint density at radius 1 is 1.39 bits per heavy atom. The fraction of sp³-hybridized carbons (Fsp3) is 0.538. The van der Waals surface area contributed by atoms with Crippen molar-refractivity contribution in [2.45, 2.75) is 29.5 Å². The molecule has 18 heavy (non-hydrogen) atoms. The highest BCUT2D eigenvalue weighted by Gasteiger charge is 2.21. The zero-order valence-electron chi connectivity index (χ0n) is 10.4. The van der Waals surface area contributed by atoms with E-state index in [9.17, 15) is 8.78 Å². The van der Waals surface area contributed by atoms with Crippen LogP contribution < -0.4 is 10.2 Å².